The van der Waals surface area contributed by atoms with Crippen molar-refractivity contribution in [1.29, 1.82) is 0 Å². The van der Waals surface area contributed by atoms with Gasteiger partial charge in [0.1, 0.15) is 5.75 Å². The van der Waals surface area contributed by atoms with E-state index in [2.05, 4.69) is 24.2 Å². The molecule has 0 unspecified atom stereocenters. The Bertz CT molecular complexity index is 408. The molecule has 0 aromatic heterocycles. The van der Waals surface area contributed by atoms with Gasteiger partial charge in [0.15, 0.2) is 5.96 Å². The zero-order valence-corrected chi connectivity index (χ0v) is 15.3. The van der Waals surface area contributed by atoms with Crippen LogP contribution in [0.5, 0.6) is 5.75 Å². The van der Waals surface area contributed by atoms with Crippen LogP contribution in [0.15, 0.2) is 29.3 Å². The van der Waals surface area contributed by atoms with E-state index in [1.165, 1.54) is 0 Å². The van der Waals surface area contributed by atoms with Crippen molar-refractivity contribution >= 4 is 29.9 Å². The van der Waals surface area contributed by atoms with Crippen molar-refractivity contribution in [3.63, 3.8) is 0 Å². The number of benzene rings is 1. The van der Waals surface area contributed by atoms with Gasteiger partial charge in [-0.25, -0.2) is 0 Å². The minimum Gasteiger partial charge on any atom is -0.497 e. The third kappa shape index (κ3) is 9.52. The van der Waals surface area contributed by atoms with Gasteiger partial charge >= 0.3 is 0 Å². The van der Waals surface area contributed by atoms with Crippen molar-refractivity contribution in [2.24, 2.45) is 16.6 Å². The van der Waals surface area contributed by atoms with Gasteiger partial charge in [0.05, 0.1) is 20.3 Å². The quantitative estimate of drug-likeness (QED) is 0.301. The smallest absolute Gasteiger partial charge is 0.188 e. The Morgan fingerprint density at radius 3 is 2.52 bits per heavy atom. The summed E-state index contributed by atoms with van der Waals surface area (Å²) in [7, 11) is 1.66. The molecule has 0 saturated heterocycles. The fourth-order valence-electron chi connectivity index (χ4n) is 1.50. The Morgan fingerprint density at radius 1 is 1.29 bits per heavy atom. The lowest BCUT2D eigenvalue weighted by molar-refractivity contribution is 0.125. The summed E-state index contributed by atoms with van der Waals surface area (Å²) < 4.78 is 10.7. The predicted octanol–water partition coefficient (Wildman–Crippen LogP) is 2.39. The van der Waals surface area contributed by atoms with Gasteiger partial charge in [0, 0.05) is 13.1 Å². The molecule has 0 fully saturated rings. The van der Waals surface area contributed by atoms with Crippen molar-refractivity contribution < 1.29 is 9.47 Å². The normalized spacial score (nSPS) is 11.1. The molecule has 3 N–H and O–H groups in total. The number of rotatable bonds is 8. The highest BCUT2D eigenvalue weighted by molar-refractivity contribution is 14.0. The van der Waals surface area contributed by atoms with Crippen LogP contribution in [0.25, 0.3) is 0 Å². The molecule has 0 aliphatic heterocycles. The van der Waals surface area contributed by atoms with Crippen LogP contribution in [0.2, 0.25) is 0 Å². The molecule has 0 spiro atoms. The van der Waals surface area contributed by atoms with Crippen LogP contribution in [0.4, 0.5) is 0 Å². The topological polar surface area (TPSA) is 68.9 Å². The molecular weight excluding hydrogens is 381 g/mol. The Labute approximate surface area is 144 Å². The van der Waals surface area contributed by atoms with Crippen molar-refractivity contribution in [2.75, 3.05) is 26.8 Å². The maximum Gasteiger partial charge on any atom is 0.188 e. The van der Waals surface area contributed by atoms with Crippen LogP contribution in [0, 0.1) is 5.92 Å². The lowest BCUT2D eigenvalue weighted by Crippen LogP contribution is -2.34. The second-order valence-corrected chi connectivity index (χ2v) is 4.95. The molecule has 0 aliphatic rings. The zero-order chi connectivity index (χ0) is 14.8. The van der Waals surface area contributed by atoms with E-state index in [0.717, 1.165) is 17.9 Å². The molecule has 1 aromatic rings. The summed E-state index contributed by atoms with van der Waals surface area (Å²) in [6.07, 6.45) is 0. The Hall–Kier alpha value is -1.02. The van der Waals surface area contributed by atoms with E-state index in [1.807, 2.05) is 24.3 Å². The highest BCUT2D eigenvalue weighted by Crippen LogP contribution is 2.11. The number of nitrogens with zero attached hydrogens (tertiary/aromatic N) is 1. The highest BCUT2D eigenvalue weighted by Gasteiger charge is 1.96. The number of guanidine groups is 1. The first-order chi connectivity index (χ1) is 9.61. The Morgan fingerprint density at radius 2 is 1.95 bits per heavy atom. The molecule has 0 saturated carbocycles. The maximum atomic E-state index is 5.72. The Balaban J connectivity index is 0.00000400. The summed E-state index contributed by atoms with van der Waals surface area (Å²) in [5, 5.41) is 3.03. The number of methoxy groups -OCH3 is 1. The van der Waals surface area contributed by atoms with Gasteiger partial charge < -0.3 is 20.5 Å². The van der Waals surface area contributed by atoms with Crippen molar-refractivity contribution in [3.05, 3.63) is 29.8 Å². The van der Waals surface area contributed by atoms with E-state index in [-0.39, 0.29) is 24.0 Å². The maximum absolute atomic E-state index is 5.72. The van der Waals surface area contributed by atoms with Crippen LogP contribution in [0.3, 0.4) is 0 Å². The third-order valence-electron chi connectivity index (χ3n) is 2.61. The molecule has 6 heteroatoms. The fraction of sp³-hybridized carbons (Fsp3) is 0.533. The van der Waals surface area contributed by atoms with Crippen LogP contribution in [-0.2, 0) is 11.3 Å². The average Bonchev–Trinajstić information content (AvgIpc) is 2.45. The van der Waals surface area contributed by atoms with Crippen LogP contribution >= 0.6 is 24.0 Å². The summed E-state index contributed by atoms with van der Waals surface area (Å²) in [6, 6.07) is 7.83. The first-order valence-corrected chi connectivity index (χ1v) is 6.86. The summed E-state index contributed by atoms with van der Waals surface area (Å²) in [6.45, 7) is 6.78. The number of hydrogen-bond donors (Lipinski definition) is 2. The second-order valence-electron chi connectivity index (χ2n) is 4.95. The number of nitrogens with two attached hydrogens (primary N) is 1. The van der Waals surface area contributed by atoms with Crippen LogP contribution in [0.1, 0.15) is 19.4 Å². The molecule has 1 aromatic carbocycles. The lowest BCUT2D eigenvalue weighted by Gasteiger charge is -2.08. The number of halogens is 1. The summed E-state index contributed by atoms with van der Waals surface area (Å²) in [4.78, 5) is 4.21. The first kappa shape index (κ1) is 20.0. The minimum absolute atomic E-state index is 0. The number of hydrogen-bond acceptors (Lipinski definition) is 3. The van der Waals surface area contributed by atoms with Crippen molar-refractivity contribution in [3.8, 4) is 5.75 Å². The predicted molar refractivity (Wildman–Crippen MR) is 97.4 cm³/mol. The largest absolute Gasteiger partial charge is 0.497 e. The van der Waals surface area contributed by atoms with Crippen molar-refractivity contribution in [1.82, 2.24) is 5.32 Å². The summed E-state index contributed by atoms with van der Waals surface area (Å²) in [5.74, 6) is 1.85. The van der Waals surface area contributed by atoms with E-state index in [1.54, 1.807) is 7.11 Å². The van der Waals surface area contributed by atoms with Crippen LogP contribution < -0.4 is 15.8 Å². The molecule has 0 amide bonds. The van der Waals surface area contributed by atoms with Gasteiger partial charge in [0.25, 0.3) is 0 Å². The third-order valence-corrected chi connectivity index (χ3v) is 2.61. The highest BCUT2D eigenvalue weighted by atomic mass is 127. The monoisotopic (exact) mass is 407 g/mol. The van der Waals surface area contributed by atoms with Crippen LogP contribution in [-0.4, -0.2) is 32.8 Å². The standard InChI is InChI=1S/C15H25N3O2.HI/c1-12(2)10-18-15(16)17-8-9-20-11-13-4-6-14(19-3)7-5-13;/h4-7,12H,8-11H2,1-3H3,(H3,16,17,18);1H. The molecule has 0 atom stereocenters. The summed E-state index contributed by atoms with van der Waals surface area (Å²) in [5.41, 5.74) is 6.83. The van der Waals surface area contributed by atoms with E-state index >= 15 is 0 Å². The fourth-order valence-corrected chi connectivity index (χ4v) is 1.50. The molecule has 21 heavy (non-hydrogen) atoms. The van der Waals surface area contributed by atoms with Gasteiger partial charge in [0.2, 0.25) is 0 Å². The summed E-state index contributed by atoms with van der Waals surface area (Å²) >= 11 is 0. The average molecular weight is 407 g/mol. The molecule has 0 heterocycles. The Kier molecular flexibility index (Phi) is 11.1. The van der Waals surface area contributed by atoms with Gasteiger partial charge in [-0.05, 0) is 23.6 Å². The lowest BCUT2D eigenvalue weighted by atomic mass is 10.2. The van der Waals surface area contributed by atoms with E-state index in [9.17, 15) is 0 Å². The van der Waals surface area contributed by atoms with Gasteiger partial charge in [-0.2, -0.15) is 0 Å². The zero-order valence-electron chi connectivity index (χ0n) is 13.0. The van der Waals surface area contributed by atoms with E-state index in [0.29, 0.717) is 31.6 Å². The van der Waals surface area contributed by atoms with Gasteiger partial charge in [-0.3, -0.25) is 4.99 Å². The SMILES string of the molecule is COc1ccc(COCCNC(N)=NCC(C)C)cc1.I. The molecule has 1 rings (SSSR count). The minimum atomic E-state index is 0. The molecule has 5 nitrogen and oxygen atoms in total. The van der Waals surface area contributed by atoms with Gasteiger partial charge in [-0.1, -0.05) is 26.0 Å². The number of ether oxygens (including phenoxy) is 2. The molecule has 120 valence electrons. The molecular formula is C15H26IN3O2. The van der Waals surface area contributed by atoms with Gasteiger partial charge in [-0.15, -0.1) is 24.0 Å². The van der Waals surface area contributed by atoms with Crippen molar-refractivity contribution in [2.45, 2.75) is 20.5 Å². The van der Waals surface area contributed by atoms with E-state index < -0.39 is 0 Å². The molecule has 0 bridgehead atoms. The molecule has 0 radical (unpaired) electrons. The van der Waals surface area contributed by atoms with E-state index in [4.69, 9.17) is 15.2 Å². The number of nitrogens with one attached hydrogen (secondary N) is 1. The number of aliphatic imine (C=N–C) groups is 1. The first-order valence-electron chi connectivity index (χ1n) is 6.86. The second kappa shape index (κ2) is 11.6. The molecule has 0 aliphatic carbocycles.